The van der Waals surface area contributed by atoms with E-state index in [9.17, 15) is 0 Å². The van der Waals surface area contributed by atoms with E-state index in [0.717, 1.165) is 0 Å². The molecule has 0 saturated carbocycles. The van der Waals surface area contributed by atoms with E-state index in [1.807, 2.05) is 12.4 Å². The first kappa shape index (κ1) is 12.8. The van der Waals surface area contributed by atoms with Gasteiger partial charge >= 0.3 is 0 Å². The first-order chi connectivity index (χ1) is 10.3. The molecule has 2 bridgehead atoms. The lowest BCUT2D eigenvalue weighted by atomic mass is 9.94. The third-order valence-corrected chi connectivity index (χ3v) is 4.96. The van der Waals surface area contributed by atoms with E-state index >= 15 is 0 Å². The fourth-order valence-corrected chi connectivity index (χ4v) is 3.99. The van der Waals surface area contributed by atoms with Crippen LogP contribution in [0.15, 0.2) is 67.0 Å². The first-order valence-electron chi connectivity index (χ1n) is 7.75. The molecule has 2 nitrogen and oxygen atoms in total. The molecule has 2 aromatic rings. The summed E-state index contributed by atoms with van der Waals surface area (Å²) < 4.78 is 0. The van der Waals surface area contributed by atoms with Crippen molar-refractivity contribution in [3.8, 4) is 0 Å². The van der Waals surface area contributed by atoms with Crippen LogP contribution in [0, 0.1) is 5.92 Å². The van der Waals surface area contributed by atoms with Gasteiger partial charge in [-0.15, -0.1) is 0 Å². The molecular formula is C19H20N2. The van der Waals surface area contributed by atoms with Crippen LogP contribution in [0.4, 0.5) is 0 Å². The Hall–Kier alpha value is -1.93. The van der Waals surface area contributed by atoms with Crippen LogP contribution in [0.25, 0.3) is 0 Å². The van der Waals surface area contributed by atoms with Gasteiger partial charge in [-0.3, -0.25) is 9.88 Å². The minimum Gasteiger partial charge on any atom is -0.283 e. The Morgan fingerprint density at radius 1 is 1.10 bits per heavy atom. The Balaban J connectivity index is 1.71. The van der Waals surface area contributed by atoms with Crippen molar-refractivity contribution in [2.24, 2.45) is 5.92 Å². The Kier molecular flexibility index (Phi) is 3.12. The third kappa shape index (κ3) is 2.11. The molecule has 2 aliphatic rings. The molecule has 2 heteroatoms. The summed E-state index contributed by atoms with van der Waals surface area (Å²) >= 11 is 0. The van der Waals surface area contributed by atoms with Gasteiger partial charge in [0, 0.05) is 30.5 Å². The number of fused-ring (bicyclic) bond motifs is 2. The molecule has 4 atom stereocenters. The highest BCUT2D eigenvalue weighted by Crippen LogP contribution is 2.49. The Labute approximate surface area is 126 Å². The Morgan fingerprint density at radius 3 is 2.71 bits per heavy atom. The van der Waals surface area contributed by atoms with Gasteiger partial charge in [0.1, 0.15) is 0 Å². The fourth-order valence-electron chi connectivity index (χ4n) is 3.99. The maximum Gasteiger partial charge on any atom is 0.0438 e. The zero-order chi connectivity index (χ0) is 14.2. The maximum absolute atomic E-state index is 4.33. The van der Waals surface area contributed by atoms with Crippen molar-refractivity contribution in [2.45, 2.75) is 31.5 Å². The summed E-state index contributed by atoms with van der Waals surface area (Å²) in [6.45, 7) is 2.33. The van der Waals surface area contributed by atoms with Crippen LogP contribution in [-0.2, 0) is 0 Å². The number of likely N-dealkylation sites (tertiary alicyclic amines) is 1. The average Bonchev–Trinajstić information content (AvgIpc) is 3.17. The highest BCUT2D eigenvalue weighted by molar-refractivity contribution is 5.29. The lowest BCUT2D eigenvalue weighted by Crippen LogP contribution is -2.35. The van der Waals surface area contributed by atoms with Crippen LogP contribution in [0.3, 0.4) is 0 Å². The van der Waals surface area contributed by atoms with Crippen molar-refractivity contribution < 1.29 is 0 Å². The lowest BCUT2D eigenvalue weighted by Gasteiger charge is -2.37. The SMILES string of the molecule is C[C@H](c1ccccc1)N1C2C=CC(C2)C1c1cccnc1. The highest BCUT2D eigenvalue weighted by atomic mass is 15.2. The number of aromatic nitrogens is 1. The van der Waals surface area contributed by atoms with Crippen molar-refractivity contribution in [1.29, 1.82) is 0 Å². The maximum atomic E-state index is 4.33. The summed E-state index contributed by atoms with van der Waals surface area (Å²) in [5.74, 6) is 0.630. The Morgan fingerprint density at radius 2 is 1.95 bits per heavy atom. The van der Waals surface area contributed by atoms with E-state index in [1.165, 1.54) is 17.5 Å². The molecule has 0 amide bonds. The predicted molar refractivity (Wildman–Crippen MR) is 84.7 cm³/mol. The van der Waals surface area contributed by atoms with Gasteiger partial charge in [-0.1, -0.05) is 48.6 Å². The molecule has 4 rings (SSSR count). The highest BCUT2D eigenvalue weighted by Gasteiger charge is 2.45. The molecule has 0 spiro atoms. The van der Waals surface area contributed by atoms with Gasteiger partial charge in [-0.25, -0.2) is 0 Å². The zero-order valence-electron chi connectivity index (χ0n) is 12.3. The number of benzene rings is 1. The quantitative estimate of drug-likeness (QED) is 0.783. The number of hydrogen-bond acceptors (Lipinski definition) is 2. The van der Waals surface area contributed by atoms with E-state index in [1.54, 1.807) is 0 Å². The van der Waals surface area contributed by atoms with Crippen molar-refractivity contribution >= 4 is 0 Å². The second-order valence-electron chi connectivity index (χ2n) is 6.12. The molecule has 21 heavy (non-hydrogen) atoms. The van der Waals surface area contributed by atoms with E-state index in [0.29, 0.717) is 24.0 Å². The third-order valence-electron chi connectivity index (χ3n) is 4.96. The average molecular weight is 276 g/mol. The molecule has 2 heterocycles. The van der Waals surface area contributed by atoms with Crippen molar-refractivity contribution in [3.63, 3.8) is 0 Å². The largest absolute Gasteiger partial charge is 0.283 e. The molecule has 106 valence electrons. The summed E-state index contributed by atoms with van der Waals surface area (Å²) in [5, 5.41) is 0. The second-order valence-corrected chi connectivity index (χ2v) is 6.12. The minimum absolute atomic E-state index is 0.427. The summed E-state index contributed by atoms with van der Waals surface area (Å²) in [7, 11) is 0. The molecule has 1 saturated heterocycles. The van der Waals surface area contributed by atoms with Crippen LogP contribution in [-0.4, -0.2) is 15.9 Å². The van der Waals surface area contributed by atoms with Gasteiger partial charge in [-0.2, -0.15) is 0 Å². The van der Waals surface area contributed by atoms with Gasteiger partial charge in [0.2, 0.25) is 0 Å². The molecule has 0 radical (unpaired) electrons. The van der Waals surface area contributed by atoms with Crippen LogP contribution < -0.4 is 0 Å². The van der Waals surface area contributed by atoms with Crippen LogP contribution in [0.5, 0.6) is 0 Å². The van der Waals surface area contributed by atoms with Crippen LogP contribution in [0.1, 0.15) is 36.6 Å². The van der Waals surface area contributed by atoms with Crippen molar-refractivity contribution in [3.05, 3.63) is 78.1 Å². The second kappa shape index (κ2) is 5.12. The number of nitrogens with zero attached hydrogens (tertiary/aromatic N) is 2. The van der Waals surface area contributed by atoms with Crippen LogP contribution in [0.2, 0.25) is 0 Å². The standard InChI is InChI=1S/C19H20N2/c1-14(15-6-3-2-4-7-15)21-18-10-9-16(12-18)19(21)17-8-5-11-20-13-17/h2-11,13-14,16,18-19H,12H2,1H3/t14-,16?,18?,19?/m1/s1. The fraction of sp³-hybridized carbons (Fsp3) is 0.316. The van der Waals surface area contributed by atoms with E-state index < -0.39 is 0 Å². The normalized spacial score (nSPS) is 28.9. The molecule has 3 unspecified atom stereocenters. The van der Waals surface area contributed by atoms with Gasteiger partial charge in [0.05, 0.1) is 0 Å². The number of pyridine rings is 1. The monoisotopic (exact) mass is 276 g/mol. The molecule has 1 aromatic carbocycles. The van der Waals surface area contributed by atoms with E-state index in [4.69, 9.17) is 0 Å². The summed E-state index contributed by atoms with van der Waals surface area (Å²) in [5.41, 5.74) is 2.74. The van der Waals surface area contributed by atoms with Gasteiger partial charge in [-0.05, 0) is 36.5 Å². The molecule has 0 N–H and O–H groups in total. The minimum atomic E-state index is 0.427. The molecular weight excluding hydrogens is 256 g/mol. The Bertz CT molecular complexity index is 635. The summed E-state index contributed by atoms with van der Waals surface area (Å²) in [6.07, 6.45) is 9.92. The number of hydrogen-bond donors (Lipinski definition) is 0. The number of rotatable bonds is 3. The van der Waals surface area contributed by atoms with Gasteiger partial charge in [0.25, 0.3) is 0 Å². The molecule has 1 aromatic heterocycles. The molecule has 1 fully saturated rings. The molecule has 1 aliphatic heterocycles. The molecule has 1 aliphatic carbocycles. The zero-order valence-corrected chi connectivity index (χ0v) is 12.3. The van der Waals surface area contributed by atoms with Crippen LogP contribution >= 0.6 is 0 Å². The summed E-state index contributed by atoms with van der Waals surface area (Å²) in [6, 6.07) is 16.6. The van der Waals surface area contributed by atoms with Gasteiger partial charge < -0.3 is 0 Å². The van der Waals surface area contributed by atoms with Crippen molar-refractivity contribution in [2.75, 3.05) is 0 Å². The van der Waals surface area contributed by atoms with E-state index in [-0.39, 0.29) is 0 Å². The first-order valence-corrected chi connectivity index (χ1v) is 7.75. The van der Waals surface area contributed by atoms with Gasteiger partial charge in [0.15, 0.2) is 0 Å². The van der Waals surface area contributed by atoms with Crippen molar-refractivity contribution in [1.82, 2.24) is 9.88 Å². The van der Waals surface area contributed by atoms with E-state index in [2.05, 4.69) is 71.4 Å². The smallest absolute Gasteiger partial charge is 0.0438 e. The summed E-state index contributed by atoms with van der Waals surface area (Å²) in [4.78, 5) is 6.99. The topological polar surface area (TPSA) is 16.1 Å². The lowest BCUT2D eigenvalue weighted by molar-refractivity contribution is 0.145. The predicted octanol–water partition coefficient (Wildman–Crippen LogP) is 4.14.